The van der Waals surface area contributed by atoms with Gasteiger partial charge in [-0.25, -0.2) is 0 Å². The van der Waals surface area contributed by atoms with Crippen LogP contribution in [0.3, 0.4) is 0 Å². The number of anilines is 1. The number of carbonyl (C=O) groups excluding carboxylic acids is 2. The number of nitrogens with one attached hydrogen (secondary N) is 1. The Kier molecular flexibility index (Phi) is 6.40. The van der Waals surface area contributed by atoms with E-state index in [9.17, 15) is 9.59 Å². The van der Waals surface area contributed by atoms with Crippen molar-refractivity contribution >= 4 is 17.5 Å². The van der Waals surface area contributed by atoms with Gasteiger partial charge in [0.05, 0.1) is 26.2 Å². The number of methoxy groups -OCH3 is 2. The number of rotatable bonds is 6. The third kappa shape index (κ3) is 4.46. The molecule has 2 atom stereocenters. The van der Waals surface area contributed by atoms with Gasteiger partial charge in [-0.05, 0) is 71.6 Å². The Morgan fingerprint density at radius 1 is 0.821 bits per heavy atom. The molecule has 1 N–H and O–H groups in total. The summed E-state index contributed by atoms with van der Waals surface area (Å²) in [5.41, 5.74) is 3.85. The molecule has 7 nitrogen and oxygen atoms in total. The van der Waals surface area contributed by atoms with E-state index < -0.39 is 12.0 Å². The zero-order valence-corrected chi connectivity index (χ0v) is 21.7. The number of para-hydroxylation sites is 1. The highest BCUT2D eigenvalue weighted by atomic mass is 16.5. The van der Waals surface area contributed by atoms with Gasteiger partial charge in [-0.3, -0.25) is 9.59 Å². The lowest BCUT2D eigenvalue weighted by atomic mass is 9.75. The molecular weight excluding hydrogens is 492 g/mol. The van der Waals surface area contributed by atoms with Gasteiger partial charge in [0, 0.05) is 17.8 Å². The van der Waals surface area contributed by atoms with Gasteiger partial charge in [-0.2, -0.15) is 0 Å². The van der Waals surface area contributed by atoms with E-state index in [1.54, 1.807) is 19.2 Å². The topological polar surface area (TPSA) is 77.1 Å². The first-order valence-electron chi connectivity index (χ1n) is 12.9. The molecular formula is C32H28N2O5. The summed E-state index contributed by atoms with van der Waals surface area (Å²) >= 11 is 0. The largest absolute Gasteiger partial charge is 0.493 e. The summed E-state index contributed by atoms with van der Waals surface area (Å²) < 4.78 is 16.9. The Balaban J connectivity index is 1.37. The Morgan fingerprint density at radius 3 is 2.23 bits per heavy atom. The standard InChI is InChI=1S/C32H28N2O5/c1-37-27-18-25-26(19-28(27)38-2)32(36)34-17-16-20-8-6-7-11-24(20)30(34)29(25)31(35)33-21-12-14-23(15-13-21)39-22-9-4-3-5-10-22/h3-15,18-19,29-30H,16-17H2,1-2H3,(H,33,35)/t29-,30+/m0/s1. The van der Waals surface area contributed by atoms with Crippen LogP contribution in [-0.4, -0.2) is 37.5 Å². The van der Waals surface area contributed by atoms with E-state index in [-0.39, 0.29) is 11.8 Å². The van der Waals surface area contributed by atoms with Crippen LogP contribution in [0.1, 0.15) is 39.0 Å². The van der Waals surface area contributed by atoms with Gasteiger partial charge in [-0.15, -0.1) is 0 Å². The van der Waals surface area contributed by atoms with Crippen molar-refractivity contribution in [3.63, 3.8) is 0 Å². The van der Waals surface area contributed by atoms with Gasteiger partial charge in [-0.1, -0.05) is 42.5 Å². The second kappa shape index (κ2) is 10.2. The molecule has 39 heavy (non-hydrogen) atoms. The number of hydrogen-bond acceptors (Lipinski definition) is 5. The van der Waals surface area contributed by atoms with Gasteiger partial charge in [0.25, 0.3) is 5.91 Å². The molecule has 2 heterocycles. The first-order chi connectivity index (χ1) is 19.1. The maximum absolute atomic E-state index is 14.1. The highest BCUT2D eigenvalue weighted by molar-refractivity contribution is 6.05. The molecule has 6 rings (SSSR count). The van der Waals surface area contributed by atoms with Crippen LogP contribution >= 0.6 is 0 Å². The van der Waals surface area contributed by atoms with Crippen LogP contribution in [0.5, 0.6) is 23.0 Å². The molecule has 0 unspecified atom stereocenters. The molecule has 0 saturated carbocycles. The average Bonchev–Trinajstić information content (AvgIpc) is 2.98. The van der Waals surface area contributed by atoms with Gasteiger partial charge >= 0.3 is 0 Å². The lowest BCUT2D eigenvalue weighted by Gasteiger charge is -2.45. The second-order valence-corrected chi connectivity index (χ2v) is 9.59. The van der Waals surface area contributed by atoms with E-state index in [2.05, 4.69) is 11.4 Å². The van der Waals surface area contributed by atoms with E-state index in [1.165, 1.54) is 7.11 Å². The third-order valence-corrected chi connectivity index (χ3v) is 7.41. The summed E-state index contributed by atoms with van der Waals surface area (Å²) in [6.45, 7) is 0.531. The van der Waals surface area contributed by atoms with Crippen molar-refractivity contribution in [2.45, 2.75) is 18.4 Å². The fourth-order valence-electron chi connectivity index (χ4n) is 5.58. The molecule has 4 aromatic carbocycles. The molecule has 7 heteroatoms. The van der Waals surface area contributed by atoms with E-state index in [0.29, 0.717) is 40.6 Å². The fourth-order valence-corrected chi connectivity index (χ4v) is 5.58. The summed E-state index contributed by atoms with van der Waals surface area (Å²) in [4.78, 5) is 29.6. The monoisotopic (exact) mass is 520 g/mol. The van der Waals surface area contributed by atoms with Crippen LogP contribution in [0.25, 0.3) is 0 Å². The molecule has 0 fully saturated rings. The number of amides is 2. The Labute approximate surface area is 226 Å². The zero-order chi connectivity index (χ0) is 26.9. The first-order valence-corrected chi connectivity index (χ1v) is 12.9. The Morgan fingerprint density at radius 2 is 1.49 bits per heavy atom. The van der Waals surface area contributed by atoms with Crippen molar-refractivity contribution in [2.75, 3.05) is 26.1 Å². The van der Waals surface area contributed by atoms with Crippen LogP contribution in [0.2, 0.25) is 0 Å². The molecule has 0 spiro atoms. The maximum atomic E-state index is 14.1. The number of ether oxygens (including phenoxy) is 3. The number of nitrogens with zero attached hydrogens (tertiary/aromatic N) is 1. The molecule has 0 saturated heterocycles. The van der Waals surface area contributed by atoms with Gasteiger partial charge in [0.1, 0.15) is 11.5 Å². The van der Waals surface area contributed by atoms with Crippen LogP contribution in [0.15, 0.2) is 91.0 Å². The Bertz CT molecular complexity index is 1530. The van der Waals surface area contributed by atoms with Crippen LogP contribution in [0, 0.1) is 0 Å². The minimum absolute atomic E-state index is 0.114. The highest BCUT2D eigenvalue weighted by Crippen LogP contribution is 2.48. The van der Waals surface area contributed by atoms with Crippen molar-refractivity contribution < 1.29 is 23.8 Å². The third-order valence-electron chi connectivity index (χ3n) is 7.41. The summed E-state index contributed by atoms with van der Waals surface area (Å²) in [5, 5.41) is 3.08. The molecule has 2 aliphatic rings. The summed E-state index contributed by atoms with van der Waals surface area (Å²) in [6, 6.07) is 27.8. The lowest BCUT2D eigenvalue weighted by molar-refractivity contribution is -0.119. The summed E-state index contributed by atoms with van der Waals surface area (Å²) in [5.74, 6) is 1.35. The van der Waals surface area contributed by atoms with Crippen LogP contribution in [-0.2, 0) is 11.2 Å². The molecule has 0 bridgehead atoms. The number of carbonyl (C=O) groups is 2. The molecule has 196 valence electrons. The minimum atomic E-state index is -0.654. The zero-order valence-electron chi connectivity index (χ0n) is 21.7. The molecule has 2 aliphatic heterocycles. The quantitative estimate of drug-likeness (QED) is 0.339. The maximum Gasteiger partial charge on any atom is 0.254 e. The van der Waals surface area contributed by atoms with E-state index >= 15 is 0 Å². The van der Waals surface area contributed by atoms with E-state index in [4.69, 9.17) is 14.2 Å². The lowest BCUT2D eigenvalue weighted by Crippen LogP contribution is -2.49. The summed E-state index contributed by atoms with van der Waals surface area (Å²) in [7, 11) is 3.08. The minimum Gasteiger partial charge on any atom is -0.493 e. The smallest absolute Gasteiger partial charge is 0.254 e. The fraction of sp³-hybridized carbons (Fsp3) is 0.188. The normalized spacial score (nSPS) is 17.4. The van der Waals surface area contributed by atoms with E-state index in [0.717, 1.165) is 23.3 Å². The molecule has 0 aliphatic carbocycles. The molecule has 0 radical (unpaired) electrons. The second-order valence-electron chi connectivity index (χ2n) is 9.59. The number of hydrogen-bond donors (Lipinski definition) is 1. The first kappa shape index (κ1) is 24.6. The van der Waals surface area contributed by atoms with Gasteiger partial charge in [0.15, 0.2) is 11.5 Å². The van der Waals surface area contributed by atoms with Gasteiger partial charge < -0.3 is 24.4 Å². The number of fused-ring (bicyclic) bond motifs is 4. The molecule has 4 aromatic rings. The van der Waals surface area contributed by atoms with Crippen molar-refractivity contribution in [1.82, 2.24) is 4.90 Å². The summed E-state index contributed by atoms with van der Waals surface area (Å²) in [6.07, 6.45) is 0.734. The predicted molar refractivity (Wildman–Crippen MR) is 148 cm³/mol. The van der Waals surface area contributed by atoms with Crippen LogP contribution in [0.4, 0.5) is 5.69 Å². The highest BCUT2D eigenvalue weighted by Gasteiger charge is 2.47. The van der Waals surface area contributed by atoms with Gasteiger partial charge in [0.2, 0.25) is 5.91 Å². The number of benzene rings is 4. The van der Waals surface area contributed by atoms with E-state index in [1.807, 2.05) is 77.7 Å². The average molecular weight is 521 g/mol. The SMILES string of the molecule is COc1cc2c(cc1OC)[C@H](C(=O)Nc1ccc(Oc3ccccc3)cc1)[C@H]1c3ccccc3CCN1C2=O. The van der Waals surface area contributed by atoms with Crippen molar-refractivity contribution in [2.24, 2.45) is 0 Å². The van der Waals surface area contributed by atoms with Crippen molar-refractivity contribution in [3.8, 4) is 23.0 Å². The van der Waals surface area contributed by atoms with Crippen LogP contribution < -0.4 is 19.5 Å². The molecule has 2 amide bonds. The van der Waals surface area contributed by atoms with Crippen molar-refractivity contribution in [3.05, 3.63) is 113 Å². The predicted octanol–water partition coefficient (Wildman–Crippen LogP) is 5.97. The van der Waals surface area contributed by atoms with Crippen molar-refractivity contribution in [1.29, 1.82) is 0 Å². The molecule has 0 aromatic heterocycles. The Hall–Kier alpha value is -4.78.